The fourth-order valence-electron chi connectivity index (χ4n) is 3.41. The molecule has 0 bridgehead atoms. The van der Waals surface area contributed by atoms with Crippen LogP contribution in [0.1, 0.15) is 48.0 Å². The number of rotatable bonds is 8. The number of aryl methyl sites for hydroxylation is 1. The van der Waals surface area contributed by atoms with E-state index in [1.165, 1.54) is 12.1 Å². The molecule has 0 spiro atoms. The maximum atomic E-state index is 13.5. The monoisotopic (exact) mass is 361 g/mol. The van der Waals surface area contributed by atoms with E-state index < -0.39 is 12.0 Å². The van der Waals surface area contributed by atoms with Crippen molar-refractivity contribution < 1.29 is 19.1 Å². The van der Waals surface area contributed by atoms with E-state index in [-0.39, 0.29) is 18.2 Å². The lowest BCUT2D eigenvalue weighted by Gasteiger charge is -2.27. The van der Waals surface area contributed by atoms with Crippen LogP contribution < -0.4 is 5.48 Å². The third-order valence-corrected chi connectivity index (χ3v) is 4.98. The lowest BCUT2D eigenvalue weighted by Crippen LogP contribution is -2.32. The Morgan fingerprint density at radius 3 is 2.85 bits per heavy atom. The van der Waals surface area contributed by atoms with E-state index >= 15 is 0 Å². The van der Waals surface area contributed by atoms with Gasteiger partial charge in [0.2, 0.25) is 5.91 Å². The maximum Gasteiger partial charge on any atom is 0.245 e. The first-order valence-electron chi connectivity index (χ1n) is 8.77. The molecule has 140 valence electrons. The summed E-state index contributed by atoms with van der Waals surface area (Å²) in [6.07, 6.45) is 4.10. The van der Waals surface area contributed by atoms with Gasteiger partial charge in [-0.15, -0.1) is 0 Å². The van der Waals surface area contributed by atoms with Gasteiger partial charge in [-0.1, -0.05) is 6.07 Å². The molecule has 1 unspecified atom stereocenters. The first-order chi connectivity index (χ1) is 12.5. The van der Waals surface area contributed by atoms with Crippen LogP contribution in [-0.2, 0) is 16.0 Å². The molecule has 2 aromatic rings. The van der Waals surface area contributed by atoms with Crippen LogP contribution in [0, 0.1) is 12.7 Å². The minimum Gasteiger partial charge on any atom is -0.380 e. The summed E-state index contributed by atoms with van der Waals surface area (Å²) in [4.78, 5) is 11.7. The smallest absolute Gasteiger partial charge is 0.245 e. The Morgan fingerprint density at radius 2 is 2.23 bits per heavy atom. The van der Waals surface area contributed by atoms with Gasteiger partial charge in [-0.2, -0.15) is 5.10 Å². The molecule has 26 heavy (non-hydrogen) atoms. The van der Waals surface area contributed by atoms with Crippen LogP contribution in [0.2, 0.25) is 0 Å². The Balaban J connectivity index is 1.94. The number of nitrogens with zero attached hydrogens (tertiary/aromatic N) is 2. The minimum absolute atomic E-state index is 0.0216. The molecule has 1 fully saturated rings. The molecule has 0 aliphatic heterocycles. The van der Waals surface area contributed by atoms with Gasteiger partial charge in [-0.25, -0.2) is 9.87 Å². The normalized spacial score (nSPS) is 16.3. The average molecular weight is 361 g/mol. The summed E-state index contributed by atoms with van der Waals surface area (Å²) in [5, 5.41) is 13.3. The van der Waals surface area contributed by atoms with Crippen LogP contribution in [0.3, 0.4) is 0 Å². The molecule has 1 saturated carbocycles. The second-order valence-corrected chi connectivity index (χ2v) is 6.83. The Hall–Kier alpha value is -2.25. The van der Waals surface area contributed by atoms with Gasteiger partial charge in [0.1, 0.15) is 5.82 Å². The molecule has 1 aromatic carbocycles. The van der Waals surface area contributed by atoms with E-state index in [0.717, 1.165) is 29.7 Å². The van der Waals surface area contributed by atoms with Gasteiger partial charge in [-0.3, -0.25) is 14.7 Å². The Labute approximate surface area is 151 Å². The predicted octanol–water partition coefficient (Wildman–Crippen LogP) is 2.90. The van der Waals surface area contributed by atoms with Gasteiger partial charge in [0, 0.05) is 24.9 Å². The third-order valence-electron chi connectivity index (χ3n) is 4.98. The largest absolute Gasteiger partial charge is 0.380 e. The molecule has 0 saturated heterocycles. The maximum absolute atomic E-state index is 13.5. The molecule has 1 aliphatic rings. The zero-order valence-corrected chi connectivity index (χ0v) is 15.0. The van der Waals surface area contributed by atoms with E-state index in [0.29, 0.717) is 12.5 Å². The molecule has 1 aliphatic carbocycles. The van der Waals surface area contributed by atoms with Crippen molar-refractivity contribution >= 4 is 5.91 Å². The number of aromatic nitrogens is 2. The van der Waals surface area contributed by atoms with Gasteiger partial charge in [-0.05, 0) is 55.5 Å². The lowest BCUT2D eigenvalue weighted by atomic mass is 9.87. The van der Waals surface area contributed by atoms with Crippen molar-refractivity contribution in [2.45, 2.75) is 50.7 Å². The van der Waals surface area contributed by atoms with E-state index in [1.807, 2.05) is 17.7 Å². The number of carbonyl (C=O) groups excluding carboxylic acids is 1. The van der Waals surface area contributed by atoms with Crippen LogP contribution in [0.25, 0.3) is 0 Å². The van der Waals surface area contributed by atoms with Crippen LogP contribution in [0.15, 0.2) is 30.5 Å². The molecule has 1 aromatic heterocycles. The summed E-state index contributed by atoms with van der Waals surface area (Å²) in [5.41, 5.74) is 4.51. The molecule has 7 heteroatoms. The molecule has 0 radical (unpaired) electrons. The number of hydrogen-bond donors (Lipinski definition) is 2. The number of nitrogens with one attached hydrogen (secondary N) is 1. The highest BCUT2D eigenvalue weighted by Gasteiger charge is 2.33. The molecule has 3 rings (SSSR count). The van der Waals surface area contributed by atoms with Crippen LogP contribution in [0.4, 0.5) is 4.39 Å². The van der Waals surface area contributed by atoms with Crippen LogP contribution >= 0.6 is 0 Å². The summed E-state index contributed by atoms with van der Waals surface area (Å²) in [7, 11) is 1.55. The van der Waals surface area contributed by atoms with Crippen molar-refractivity contribution in [3.63, 3.8) is 0 Å². The number of hydrogen-bond acceptors (Lipinski definition) is 4. The number of ether oxygens (including phenoxy) is 1. The highest BCUT2D eigenvalue weighted by atomic mass is 19.1. The second kappa shape index (κ2) is 7.97. The highest BCUT2D eigenvalue weighted by molar-refractivity contribution is 5.75. The quantitative estimate of drug-likeness (QED) is 0.560. The molecule has 1 heterocycles. The number of benzene rings is 1. The first kappa shape index (κ1) is 18.5. The number of halogens is 1. The summed E-state index contributed by atoms with van der Waals surface area (Å²) >= 11 is 0. The third kappa shape index (κ3) is 4.11. The van der Waals surface area contributed by atoms with Crippen molar-refractivity contribution in [3.05, 3.63) is 53.1 Å². The SMILES string of the molecule is COC(CC(=O)NO)[C@H](Cc1ccc(F)cc1C)c1ccnn1C1CC1. The fraction of sp³-hybridized carbons (Fsp3) is 0.474. The standard InChI is InChI=1S/C19H24FN3O3/c1-12-9-14(20)4-3-13(12)10-16(18(26-2)11-19(24)22-25)17-7-8-21-23(17)15-5-6-15/h3-4,7-9,15-16,18,25H,5-6,10-11H2,1-2H3,(H,22,24)/t16-,18?/m1/s1. The van der Waals surface area contributed by atoms with Crippen molar-refractivity contribution in [1.82, 2.24) is 15.3 Å². The first-order valence-corrected chi connectivity index (χ1v) is 8.77. The molecule has 6 nitrogen and oxygen atoms in total. The molecule has 1 amide bonds. The summed E-state index contributed by atoms with van der Waals surface area (Å²) in [6.45, 7) is 1.87. The molecular weight excluding hydrogens is 337 g/mol. The van der Waals surface area contributed by atoms with Crippen LogP contribution in [-0.4, -0.2) is 34.1 Å². The zero-order chi connectivity index (χ0) is 18.7. The zero-order valence-electron chi connectivity index (χ0n) is 15.0. The molecule has 2 N–H and O–H groups in total. The highest BCUT2D eigenvalue weighted by Crippen LogP contribution is 2.39. The lowest BCUT2D eigenvalue weighted by molar-refractivity contribution is -0.132. The van der Waals surface area contributed by atoms with Gasteiger partial charge in [0.15, 0.2) is 0 Å². The Kier molecular flexibility index (Phi) is 5.68. The van der Waals surface area contributed by atoms with Crippen molar-refractivity contribution in [3.8, 4) is 0 Å². The Bertz CT molecular complexity index is 773. The molecule has 2 atom stereocenters. The predicted molar refractivity (Wildman–Crippen MR) is 93.4 cm³/mol. The minimum atomic E-state index is -0.504. The van der Waals surface area contributed by atoms with E-state index in [9.17, 15) is 9.18 Å². The fourth-order valence-corrected chi connectivity index (χ4v) is 3.41. The van der Waals surface area contributed by atoms with E-state index in [1.54, 1.807) is 24.9 Å². The summed E-state index contributed by atoms with van der Waals surface area (Å²) in [5.74, 6) is -0.923. The van der Waals surface area contributed by atoms with Crippen molar-refractivity contribution in [2.75, 3.05) is 7.11 Å². The summed E-state index contributed by atoms with van der Waals surface area (Å²) in [6, 6.07) is 7.06. The average Bonchev–Trinajstić information content (AvgIpc) is 3.36. The van der Waals surface area contributed by atoms with E-state index in [2.05, 4.69) is 5.10 Å². The number of amides is 1. The van der Waals surface area contributed by atoms with Crippen molar-refractivity contribution in [2.24, 2.45) is 0 Å². The number of carbonyl (C=O) groups is 1. The number of methoxy groups -OCH3 is 1. The van der Waals surface area contributed by atoms with Crippen LogP contribution in [0.5, 0.6) is 0 Å². The van der Waals surface area contributed by atoms with Gasteiger partial charge < -0.3 is 4.74 Å². The van der Waals surface area contributed by atoms with Gasteiger partial charge in [0.25, 0.3) is 0 Å². The van der Waals surface area contributed by atoms with Gasteiger partial charge in [0.05, 0.1) is 18.6 Å². The molecular formula is C19H24FN3O3. The van der Waals surface area contributed by atoms with Gasteiger partial charge >= 0.3 is 0 Å². The van der Waals surface area contributed by atoms with E-state index in [4.69, 9.17) is 9.94 Å². The van der Waals surface area contributed by atoms with Crippen molar-refractivity contribution in [1.29, 1.82) is 0 Å². The number of hydroxylamine groups is 1. The topological polar surface area (TPSA) is 76.4 Å². The second-order valence-electron chi connectivity index (χ2n) is 6.83. The summed E-state index contributed by atoms with van der Waals surface area (Å²) < 4.78 is 21.1. The Morgan fingerprint density at radius 1 is 1.46 bits per heavy atom.